The first-order chi connectivity index (χ1) is 3.72. The van der Waals surface area contributed by atoms with Gasteiger partial charge in [0, 0.05) is 0 Å². The van der Waals surface area contributed by atoms with E-state index < -0.39 is 0 Å². The summed E-state index contributed by atoms with van der Waals surface area (Å²) < 4.78 is 4.91. The second kappa shape index (κ2) is 1.98. The molecule has 0 aliphatic rings. The molecule has 0 fully saturated rings. The van der Waals surface area contributed by atoms with Crippen molar-refractivity contribution < 1.29 is 19.4 Å². The quantitative estimate of drug-likeness (QED) is 0.651. The molecule has 0 aliphatic carbocycles. The van der Waals surface area contributed by atoms with E-state index in [1.54, 1.807) is 6.33 Å². The molecule has 48 valence electrons. The summed E-state index contributed by atoms with van der Waals surface area (Å²) in [6.07, 6.45) is 1.78. The van der Waals surface area contributed by atoms with Crippen LogP contribution < -0.4 is 0 Å². The molecule has 0 radical (unpaired) electrons. The average Bonchev–Trinajstić information content (AvgIpc) is 1.98. The molecule has 0 amide bonds. The Morgan fingerprint density at radius 3 is 2.38 bits per heavy atom. The number of aryl methyl sites for hydroxylation is 2. The molecule has 4 heteroatoms. The van der Waals surface area contributed by atoms with Gasteiger partial charge in [0.05, 0.1) is 0 Å². The Morgan fingerprint density at radius 1 is 1.62 bits per heavy atom. The van der Waals surface area contributed by atoms with Crippen molar-refractivity contribution in [1.29, 1.82) is 0 Å². The van der Waals surface area contributed by atoms with Gasteiger partial charge in [-0.15, -0.1) is 0 Å². The molecule has 0 atom stereocenters. The van der Waals surface area contributed by atoms with Crippen molar-refractivity contribution in [1.82, 2.24) is 14.3 Å². The molecule has 0 N–H and O–H groups in total. The Kier molecular flexibility index (Phi) is 1.47. The van der Waals surface area contributed by atoms with Crippen LogP contribution >= 0.6 is 0 Å². The van der Waals surface area contributed by atoms with Crippen LogP contribution in [0.2, 0.25) is 0 Å². The Balaban J connectivity index is 3.42. The maximum absolute atomic E-state index is 3.99. The van der Waals surface area contributed by atoms with Gasteiger partial charge in [0.2, 0.25) is 0 Å². The van der Waals surface area contributed by atoms with Crippen LogP contribution in [0.5, 0.6) is 0 Å². The fraction of sp³-hybridized carbons (Fsp3) is 0.500. The van der Waals surface area contributed by atoms with Crippen LogP contribution in [0.1, 0.15) is 0 Å². The molecule has 0 aliphatic heterocycles. The van der Waals surface area contributed by atoms with Gasteiger partial charge >= 0.3 is 57.9 Å². The van der Waals surface area contributed by atoms with E-state index in [1.807, 2.05) is 23.3 Å². The van der Waals surface area contributed by atoms with Gasteiger partial charge in [0.1, 0.15) is 0 Å². The summed E-state index contributed by atoms with van der Waals surface area (Å²) in [5, 5.41) is 3.99. The summed E-state index contributed by atoms with van der Waals surface area (Å²) in [7, 11) is 3.89. The molecule has 1 aromatic rings. The van der Waals surface area contributed by atoms with Crippen LogP contribution in [0.4, 0.5) is 0 Å². The first-order valence-electron chi connectivity index (χ1n) is 2.22. The zero-order chi connectivity index (χ0) is 6.15. The van der Waals surface area contributed by atoms with Gasteiger partial charge in [0.15, 0.2) is 0 Å². The van der Waals surface area contributed by atoms with Crippen LogP contribution in [0.15, 0.2) is 6.33 Å². The molecule has 0 bridgehead atoms. The van der Waals surface area contributed by atoms with Crippen LogP contribution in [0.3, 0.4) is 0 Å². The normalized spacial score (nSPS) is 10.0. The maximum atomic E-state index is 3.99. The van der Waals surface area contributed by atoms with Crippen LogP contribution in [-0.2, 0) is 33.4 Å². The van der Waals surface area contributed by atoms with Gasteiger partial charge in [-0.3, -0.25) is 0 Å². The summed E-state index contributed by atoms with van der Waals surface area (Å²) in [4.78, 5) is 0. The summed E-state index contributed by atoms with van der Waals surface area (Å²) in [6.45, 7) is 0. The molecule has 1 heterocycles. The first kappa shape index (κ1) is 5.96. The van der Waals surface area contributed by atoms with Crippen molar-refractivity contribution in [3.8, 4) is 0 Å². The molecule has 0 aromatic carbocycles. The molecule has 0 spiro atoms. The Labute approximate surface area is 58.4 Å². The van der Waals surface area contributed by atoms with Crippen molar-refractivity contribution in [3.63, 3.8) is 0 Å². The van der Waals surface area contributed by atoms with Gasteiger partial charge in [-0.2, -0.15) is 0 Å². The predicted molar refractivity (Wildman–Crippen MR) is 25.4 cm³/mol. The van der Waals surface area contributed by atoms with E-state index in [-0.39, 0.29) is 0 Å². The van der Waals surface area contributed by atoms with Crippen LogP contribution in [0, 0.1) is 3.80 Å². The molecule has 1 rings (SSSR count). The number of rotatable bonds is 0. The number of hydrogen-bond acceptors (Lipinski definition) is 1. The zero-order valence-electron chi connectivity index (χ0n) is 4.74. The minimum atomic E-state index is 1.13. The predicted octanol–water partition coefficient (Wildman–Crippen LogP) is -0.163. The van der Waals surface area contributed by atoms with E-state index in [2.05, 4.69) is 24.5 Å². The van der Waals surface area contributed by atoms with Crippen molar-refractivity contribution in [3.05, 3.63) is 10.1 Å². The van der Waals surface area contributed by atoms with Gasteiger partial charge in [-0.25, -0.2) is 0 Å². The molecule has 8 heavy (non-hydrogen) atoms. The third kappa shape index (κ3) is 0.826. The van der Waals surface area contributed by atoms with Crippen molar-refractivity contribution in [2.75, 3.05) is 0 Å². The summed E-state index contributed by atoms with van der Waals surface area (Å²) in [5.74, 6) is 0. The zero-order valence-corrected chi connectivity index (χ0v) is 7.01. The Hall–Kier alpha value is -0.172. The molecular formula is C4H7N3Pt. The van der Waals surface area contributed by atoms with Crippen LogP contribution in [-0.4, -0.2) is 14.3 Å². The number of hydrogen-bond donors (Lipinski definition) is 0. The Bertz CT molecular complexity index is 211. The van der Waals surface area contributed by atoms with Crippen molar-refractivity contribution >= 4 is 0 Å². The SMILES string of the molecule is Cn1cnn(C)[c]1=[Pt]. The molecule has 0 saturated carbocycles. The van der Waals surface area contributed by atoms with E-state index in [0.717, 1.165) is 3.80 Å². The van der Waals surface area contributed by atoms with Gasteiger partial charge in [-0.1, -0.05) is 0 Å². The molecule has 0 saturated heterocycles. The second-order valence-corrected chi connectivity index (χ2v) is 2.62. The average molecular weight is 292 g/mol. The number of nitrogens with zero attached hydrogens (tertiary/aromatic N) is 3. The standard InChI is InChI=1S/C4H7N3.Pt/c1-6-3-5-7(2)4-6;/h3H,1-2H3;. The second-order valence-electron chi connectivity index (χ2n) is 1.61. The van der Waals surface area contributed by atoms with E-state index in [9.17, 15) is 0 Å². The van der Waals surface area contributed by atoms with Gasteiger partial charge in [0.25, 0.3) is 0 Å². The van der Waals surface area contributed by atoms with E-state index in [0.29, 0.717) is 0 Å². The topological polar surface area (TPSA) is 22.8 Å². The summed E-state index contributed by atoms with van der Waals surface area (Å²) in [6, 6.07) is 0. The number of aromatic nitrogens is 3. The fourth-order valence-corrected chi connectivity index (χ4v) is 0.734. The summed E-state index contributed by atoms with van der Waals surface area (Å²) >= 11 is 2.21. The molecular weight excluding hydrogens is 285 g/mol. The third-order valence-electron chi connectivity index (χ3n) is 0.914. The van der Waals surface area contributed by atoms with Gasteiger partial charge < -0.3 is 0 Å². The fourth-order valence-electron chi connectivity index (χ4n) is 0.471. The van der Waals surface area contributed by atoms with E-state index >= 15 is 0 Å². The Morgan fingerprint density at radius 2 is 2.25 bits per heavy atom. The van der Waals surface area contributed by atoms with E-state index in [1.165, 1.54) is 0 Å². The third-order valence-corrected chi connectivity index (χ3v) is 2.45. The molecule has 3 nitrogen and oxygen atoms in total. The monoisotopic (exact) mass is 292 g/mol. The minimum absolute atomic E-state index is 1.13. The van der Waals surface area contributed by atoms with Crippen LogP contribution in [0.25, 0.3) is 0 Å². The van der Waals surface area contributed by atoms with Crippen molar-refractivity contribution in [2.45, 2.75) is 0 Å². The van der Waals surface area contributed by atoms with Gasteiger partial charge in [-0.05, 0) is 0 Å². The summed E-state index contributed by atoms with van der Waals surface area (Å²) in [5.41, 5.74) is 0. The molecule has 0 unspecified atom stereocenters. The van der Waals surface area contributed by atoms with E-state index in [4.69, 9.17) is 0 Å². The molecule has 1 aromatic heterocycles. The first-order valence-corrected chi connectivity index (χ1v) is 3.35. The van der Waals surface area contributed by atoms with Crippen molar-refractivity contribution in [2.24, 2.45) is 14.1 Å².